The molecule has 2 aromatic rings. The Balaban J connectivity index is 1.68. The fourth-order valence-corrected chi connectivity index (χ4v) is 3.24. The maximum atomic E-state index is 6.30. The second kappa shape index (κ2) is 6.39. The van der Waals surface area contributed by atoms with Crippen molar-refractivity contribution in [1.29, 1.82) is 0 Å². The lowest BCUT2D eigenvalue weighted by molar-refractivity contribution is 0.328. The average molecular weight is 284 g/mol. The highest BCUT2D eigenvalue weighted by atomic mass is 15.3. The minimum Gasteiger partial charge on any atom is -0.322 e. The average Bonchev–Trinajstić information content (AvgIpc) is 2.97. The van der Waals surface area contributed by atoms with Gasteiger partial charge in [-0.05, 0) is 37.5 Å². The van der Waals surface area contributed by atoms with E-state index < -0.39 is 0 Å². The molecule has 0 spiro atoms. The molecule has 3 rings (SSSR count). The number of nitrogens with two attached hydrogens (primary N) is 1. The molecule has 0 radical (unpaired) electrons. The molecular weight excluding hydrogens is 260 g/mol. The van der Waals surface area contributed by atoms with Gasteiger partial charge in [-0.25, -0.2) is 0 Å². The standard InChI is InChI=1S/C17H24N4/c1-13-6-5-10-19-17(13)16(18)12-14-9-11-21(20-14)15-7-3-2-4-8-15/h5-6,9-11,15-16H,2-4,7-8,12,18H2,1H3. The molecule has 1 atom stereocenters. The summed E-state index contributed by atoms with van der Waals surface area (Å²) in [7, 11) is 0. The molecule has 21 heavy (non-hydrogen) atoms. The Bertz CT molecular complexity index is 584. The van der Waals surface area contributed by atoms with Gasteiger partial charge in [-0.1, -0.05) is 25.3 Å². The first-order chi connectivity index (χ1) is 10.2. The minimum absolute atomic E-state index is 0.0825. The first-order valence-corrected chi connectivity index (χ1v) is 7.95. The summed E-state index contributed by atoms with van der Waals surface area (Å²) in [5.74, 6) is 0. The van der Waals surface area contributed by atoms with E-state index in [1.165, 1.54) is 32.1 Å². The van der Waals surface area contributed by atoms with Crippen molar-refractivity contribution in [2.24, 2.45) is 5.73 Å². The van der Waals surface area contributed by atoms with Crippen LogP contribution in [0.25, 0.3) is 0 Å². The van der Waals surface area contributed by atoms with Crippen molar-refractivity contribution in [1.82, 2.24) is 14.8 Å². The molecule has 1 unspecified atom stereocenters. The summed E-state index contributed by atoms with van der Waals surface area (Å²) in [6, 6.07) is 6.61. The number of rotatable bonds is 4. The number of hydrogen-bond donors (Lipinski definition) is 1. The second-order valence-electron chi connectivity index (χ2n) is 6.10. The van der Waals surface area contributed by atoms with Gasteiger partial charge < -0.3 is 5.73 Å². The van der Waals surface area contributed by atoms with E-state index in [9.17, 15) is 0 Å². The highest BCUT2D eigenvalue weighted by Gasteiger charge is 2.17. The molecule has 1 aliphatic carbocycles. The predicted molar refractivity (Wildman–Crippen MR) is 84.0 cm³/mol. The largest absolute Gasteiger partial charge is 0.322 e. The Morgan fingerprint density at radius 2 is 2.10 bits per heavy atom. The van der Waals surface area contributed by atoms with E-state index in [0.717, 1.165) is 23.4 Å². The smallest absolute Gasteiger partial charge is 0.0644 e. The van der Waals surface area contributed by atoms with Gasteiger partial charge in [0.25, 0.3) is 0 Å². The number of nitrogens with zero attached hydrogens (tertiary/aromatic N) is 3. The van der Waals surface area contributed by atoms with Crippen LogP contribution in [0.2, 0.25) is 0 Å². The van der Waals surface area contributed by atoms with Crippen molar-refractivity contribution in [2.75, 3.05) is 0 Å². The molecule has 112 valence electrons. The zero-order valence-corrected chi connectivity index (χ0v) is 12.7. The van der Waals surface area contributed by atoms with Gasteiger partial charge in [0, 0.05) is 18.8 Å². The highest BCUT2D eigenvalue weighted by Crippen LogP contribution is 2.27. The summed E-state index contributed by atoms with van der Waals surface area (Å²) in [6.45, 7) is 2.06. The maximum absolute atomic E-state index is 6.30. The van der Waals surface area contributed by atoms with Crippen LogP contribution in [0.4, 0.5) is 0 Å². The maximum Gasteiger partial charge on any atom is 0.0644 e. The van der Waals surface area contributed by atoms with E-state index in [1.807, 2.05) is 12.3 Å². The Kier molecular flexibility index (Phi) is 4.34. The van der Waals surface area contributed by atoms with E-state index in [0.29, 0.717) is 6.04 Å². The molecule has 0 aromatic carbocycles. The number of aromatic nitrogens is 3. The number of aryl methyl sites for hydroxylation is 1. The third-order valence-electron chi connectivity index (χ3n) is 4.44. The van der Waals surface area contributed by atoms with Crippen LogP contribution in [0, 0.1) is 6.92 Å². The summed E-state index contributed by atoms with van der Waals surface area (Å²) in [5.41, 5.74) is 9.50. The lowest BCUT2D eigenvalue weighted by Crippen LogP contribution is -2.17. The Morgan fingerprint density at radius 1 is 1.29 bits per heavy atom. The molecule has 1 saturated carbocycles. The molecular formula is C17H24N4. The molecule has 4 heteroatoms. The van der Waals surface area contributed by atoms with Crippen molar-refractivity contribution in [3.8, 4) is 0 Å². The molecule has 0 aliphatic heterocycles. The van der Waals surface area contributed by atoms with Crippen LogP contribution in [-0.2, 0) is 6.42 Å². The normalized spacial score (nSPS) is 17.8. The fourth-order valence-electron chi connectivity index (χ4n) is 3.24. The molecule has 0 amide bonds. The predicted octanol–water partition coefficient (Wildman–Crippen LogP) is 3.33. The Labute approximate surface area is 126 Å². The van der Waals surface area contributed by atoms with Crippen LogP contribution < -0.4 is 5.73 Å². The molecule has 1 aliphatic rings. The van der Waals surface area contributed by atoms with Gasteiger partial charge in [-0.3, -0.25) is 9.67 Å². The van der Waals surface area contributed by atoms with E-state index >= 15 is 0 Å². The second-order valence-corrected chi connectivity index (χ2v) is 6.10. The van der Waals surface area contributed by atoms with Crippen molar-refractivity contribution < 1.29 is 0 Å². The highest BCUT2D eigenvalue weighted by molar-refractivity contribution is 5.22. The first-order valence-electron chi connectivity index (χ1n) is 7.95. The van der Waals surface area contributed by atoms with Crippen molar-refractivity contribution >= 4 is 0 Å². The van der Waals surface area contributed by atoms with Gasteiger partial charge in [-0.15, -0.1) is 0 Å². The summed E-state index contributed by atoms with van der Waals surface area (Å²) >= 11 is 0. The zero-order chi connectivity index (χ0) is 14.7. The summed E-state index contributed by atoms with van der Waals surface area (Å²) in [4.78, 5) is 4.41. The van der Waals surface area contributed by atoms with E-state index in [2.05, 4.69) is 34.9 Å². The van der Waals surface area contributed by atoms with Crippen LogP contribution in [0.3, 0.4) is 0 Å². The molecule has 0 bridgehead atoms. The van der Waals surface area contributed by atoms with Crippen molar-refractivity contribution in [2.45, 2.75) is 57.5 Å². The van der Waals surface area contributed by atoms with Crippen LogP contribution in [0.15, 0.2) is 30.6 Å². The van der Waals surface area contributed by atoms with Crippen molar-refractivity contribution in [3.63, 3.8) is 0 Å². The SMILES string of the molecule is Cc1cccnc1C(N)Cc1ccn(C2CCCCC2)n1. The lowest BCUT2D eigenvalue weighted by atomic mass is 9.96. The Morgan fingerprint density at radius 3 is 2.86 bits per heavy atom. The van der Waals surface area contributed by atoms with Gasteiger partial charge in [0.2, 0.25) is 0 Å². The van der Waals surface area contributed by atoms with E-state index in [4.69, 9.17) is 10.8 Å². The van der Waals surface area contributed by atoms with Crippen LogP contribution >= 0.6 is 0 Å². The van der Waals surface area contributed by atoms with Gasteiger partial charge in [0.1, 0.15) is 0 Å². The van der Waals surface area contributed by atoms with E-state index in [1.54, 1.807) is 0 Å². The van der Waals surface area contributed by atoms with Crippen molar-refractivity contribution in [3.05, 3.63) is 47.5 Å². The van der Waals surface area contributed by atoms with Crippen LogP contribution in [0.5, 0.6) is 0 Å². The molecule has 2 N–H and O–H groups in total. The summed E-state index contributed by atoms with van der Waals surface area (Å²) in [6.07, 6.45) is 11.2. The third-order valence-corrected chi connectivity index (χ3v) is 4.44. The lowest BCUT2D eigenvalue weighted by Gasteiger charge is -2.21. The summed E-state index contributed by atoms with van der Waals surface area (Å²) in [5, 5.41) is 4.74. The Hall–Kier alpha value is -1.68. The van der Waals surface area contributed by atoms with Crippen LogP contribution in [0.1, 0.15) is 61.1 Å². The van der Waals surface area contributed by atoms with Crippen LogP contribution in [-0.4, -0.2) is 14.8 Å². The topological polar surface area (TPSA) is 56.7 Å². The molecule has 2 aromatic heterocycles. The fraction of sp³-hybridized carbons (Fsp3) is 0.529. The quantitative estimate of drug-likeness (QED) is 0.937. The van der Waals surface area contributed by atoms with E-state index in [-0.39, 0.29) is 6.04 Å². The number of pyridine rings is 1. The van der Waals surface area contributed by atoms with Gasteiger partial charge in [0.15, 0.2) is 0 Å². The summed E-state index contributed by atoms with van der Waals surface area (Å²) < 4.78 is 2.15. The molecule has 2 heterocycles. The molecule has 1 fully saturated rings. The van der Waals surface area contributed by atoms with Gasteiger partial charge in [0.05, 0.1) is 23.5 Å². The first kappa shape index (κ1) is 14.3. The molecule has 4 nitrogen and oxygen atoms in total. The number of hydrogen-bond acceptors (Lipinski definition) is 3. The third kappa shape index (κ3) is 3.32. The zero-order valence-electron chi connectivity index (χ0n) is 12.7. The monoisotopic (exact) mass is 284 g/mol. The molecule has 0 saturated heterocycles. The van der Waals surface area contributed by atoms with Gasteiger partial charge >= 0.3 is 0 Å². The minimum atomic E-state index is -0.0825. The van der Waals surface area contributed by atoms with Gasteiger partial charge in [-0.2, -0.15) is 5.10 Å².